The van der Waals surface area contributed by atoms with Crippen molar-refractivity contribution >= 4 is 23.4 Å². The first-order valence-electron chi connectivity index (χ1n) is 9.54. The summed E-state index contributed by atoms with van der Waals surface area (Å²) >= 11 is 6.07. The Morgan fingerprint density at radius 3 is 2.59 bits per heavy atom. The molecule has 1 atom stereocenters. The van der Waals surface area contributed by atoms with Crippen molar-refractivity contribution in [3.8, 4) is 0 Å². The molecule has 2 amide bonds. The Hall–Kier alpha value is -2.33. The number of hydrogen-bond acceptors (Lipinski definition) is 2. The minimum Gasteiger partial charge on any atom is -0.368 e. The molecule has 1 unspecified atom stereocenters. The van der Waals surface area contributed by atoms with Gasteiger partial charge in [0.1, 0.15) is 6.04 Å². The second kappa shape index (κ2) is 7.35. The van der Waals surface area contributed by atoms with Crippen molar-refractivity contribution in [3.05, 3.63) is 69.7 Å². The normalized spacial score (nSPS) is 19.5. The highest BCUT2D eigenvalue weighted by Gasteiger charge is 2.40. The minimum atomic E-state index is -0.746. The molecule has 1 aliphatic carbocycles. The van der Waals surface area contributed by atoms with E-state index in [4.69, 9.17) is 17.3 Å². The summed E-state index contributed by atoms with van der Waals surface area (Å²) in [6.07, 6.45) is 5.73. The van der Waals surface area contributed by atoms with E-state index in [2.05, 4.69) is 18.2 Å². The standard InChI is InChI=1S/C22H23ClN2O2/c23-16-9-10-18-19(13-16)20(21(24)26)25(22(18)27)12-11-15-7-3-4-8-17(15)14-5-1-2-6-14/h3-4,7-10,13-14,20H,1-2,5-6,11-12H2,(H2,24,26). The molecule has 0 spiro atoms. The maximum absolute atomic E-state index is 12.9. The summed E-state index contributed by atoms with van der Waals surface area (Å²) < 4.78 is 0. The number of fused-ring (bicyclic) bond motifs is 1. The topological polar surface area (TPSA) is 63.4 Å². The summed E-state index contributed by atoms with van der Waals surface area (Å²) in [4.78, 5) is 26.6. The van der Waals surface area contributed by atoms with Crippen molar-refractivity contribution < 1.29 is 9.59 Å². The zero-order valence-electron chi connectivity index (χ0n) is 15.2. The molecule has 0 aromatic heterocycles. The number of carbonyl (C=O) groups is 2. The van der Waals surface area contributed by atoms with Crippen molar-refractivity contribution in [2.24, 2.45) is 5.73 Å². The summed E-state index contributed by atoms with van der Waals surface area (Å²) in [6, 6.07) is 12.8. The lowest BCUT2D eigenvalue weighted by molar-refractivity contribution is -0.122. The first-order valence-corrected chi connectivity index (χ1v) is 9.91. The molecule has 0 bridgehead atoms. The molecule has 2 N–H and O–H groups in total. The van der Waals surface area contributed by atoms with Gasteiger partial charge in [-0.2, -0.15) is 0 Å². The minimum absolute atomic E-state index is 0.149. The molecule has 5 heteroatoms. The summed E-state index contributed by atoms with van der Waals surface area (Å²) in [5.41, 5.74) is 9.42. The lowest BCUT2D eigenvalue weighted by Crippen LogP contribution is -2.37. The fourth-order valence-corrected chi connectivity index (χ4v) is 4.75. The van der Waals surface area contributed by atoms with E-state index in [9.17, 15) is 9.59 Å². The predicted molar refractivity (Wildman–Crippen MR) is 106 cm³/mol. The average molecular weight is 383 g/mol. The summed E-state index contributed by atoms with van der Waals surface area (Å²) in [5.74, 6) is -0.0596. The molecular formula is C22H23ClN2O2. The number of carbonyl (C=O) groups excluding carboxylic acids is 2. The Kier molecular flexibility index (Phi) is 4.92. The molecule has 1 aliphatic heterocycles. The zero-order valence-corrected chi connectivity index (χ0v) is 15.9. The van der Waals surface area contributed by atoms with Crippen molar-refractivity contribution in [1.82, 2.24) is 4.90 Å². The molecule has 4 nitrogen and oxygen atoms in total. The third kappa shape index (κ3) is 3.34. The Balaban J connectivity index is 1.58. The van der Waals surface area contributed by atoms with Gasteiger partial charge < -0.3 is 10.6 Å². The number of nitrogens with zero attached hydrogens (tertiary/aromatic N) is 1. The molecule has 1 saturated carbocycles. The fraction of sp³-hybridized carbons (Fsp3) is 0.364. The van der Waals surface area contributed by atoms with Crippen LogP contribution in [0.4, 0.5) is 0 Å². The largest absolute Gasteiger partial charge is 0.368 e. The molecule has 2 aliphatic rings. The summed E-state index contributed by atoms with van der Waals surface area (Å²) in [6.45, 7) is 0.461. The van der Waals surface area contributed by atoms with Gasteiger partial charge >= 0.3 is 0 Å². The second-order valence-electron chi connectivity index (χ2n) is 7.47. The first kappa shape index (κ1) is 18.1. The predicted octanol–water partition coefficient (Wildman–Crippen LogP) is 4.22. The smallest absolute Gasteiger partial charge is 0.255 e. The molecule has 27 heavy (non-hydrogen) atoms. The van der Waals surface area contributed by atoms with Gasteiger partial charge in [-0.1, -0.05) is 48.7 Å². The molecule has 1 fully saturated rings. The van der Waals surface area contributed by atoms with E-state index < -0.39 is 11.9 Å². The number of amides is 2. The number of nitrogens with two attached hydrogens (primary N) is 1. The Morgan fingerprint density at radius 2 is 1.85 bits per heavy atom. The number of primary amides is 1. The van der Waals surface area contributed by atoms with Crippen LogP contribution >= 0.6 is 11.6 Å². The van der Waals surface area contributed by atoms with E-state index >= 15 is 0 Å². The van der Waals surface area contributed by atoms with Crippen molar-refractivity contribution in [2.45, 2.75) is 44.1 Å². The van der Waals surface area contributed by atoms with E-state index in [1.54, 1.807) is 23.1 Å². The van der Waals surface area contributed by atoms with Crippen LogP contribution in [0, 0.1) is 0 Å². The van der Waals surface area contributed by atoms with Gasteiger partial charge in [-0.05, 0) is 60.1 Å². The molecular weight excluding hydrogens is 360 g/mol. The SMILES string of the molecule is NC(=O)C1c2cc(Cl)ccc2C(=O)N1CCc1ccccc1C1CCCC1. The lowest BCUT2D eigenvalue weighted by atomic mass is 9.91. The van der Waals surface area contributed by atoms with Crippen LogP contribution in [0.3, 0.4) is 0 Å². The monoisotopic (exact) mass is 382 g/mol. The number of rotatable bonds is 5. The van der Waals surface area contributed by atoms with Crippen LogP contribution in [0.25, 0.3) is 0 Å². The van der Waals surface area contributed by atoms with Crippen molar-refractivity contribution in [2.75, 3.05) is 6.54 Å². The van der Waals surface area contributed by atoms with E-state index in [0.29, 0.717) is 35.0 Å². The number of halogens is 1. The molecule has 0 radical (unpaired) electrons. The maximum atomic E-state index is 12.9. The Morgan fingerprint density at radius 1 is 1.11 bits per heavy atom. The Bertz CT molecular complexity index is 890. The highest BCUT2D eigenvalue weighted by Crippen LogP contribution is 2.37. The van der Waals surface area contributed by atoms with Gasteiger partial charge in [0.25, 0.3) is 5.91 Å². The summed E-state index contributed by atoms with van der Waals surface area (Å²) in [7, 11) is 0. The maximum Gasteiger partial charge on any atom is 0.255 e. The average Bonchev–Trinajstić information content (AvgIpc) is 3.27. The van der Waals surface area contributed by atoms with Crippen LogP contribution in [0.1, 0.15) is 64.7 Å². The first-order chi connectivity index (χ1) is 13.1. The second-order valence-corrected chi connectivity index (χ2v) is 7.90. The Labute approximate surface area is 164 Å². The third-order valence-electron chi connectivity index (χ3n) is 5.85. The van der Waals surface area contributed by atoms with E-state index in [1.165, 1.54) is 36.8 Å². The van der Waals surface area contributed by atoms with Crippen molar-refractivity contribution in [1.29, 1.82) is 0 Å². The summed E-state index contributed by atoms with van der Waals surface area (Å²) in [5, 5.41) is 0.501. The zero-order chi connectivity index (χ0) is 19.0. The van der Waals surface area contributed by atoms with Crippen LogP contribution < -0.4 is 5.73 Å². The molecule has 0 saturated heterocycles. The van der Waals surface area contributed by atoms with E-state index in [-0.39, 0.29) is 5.91 Å². The molecule has 2 aromatic rings. The molecule has 4 rings (SSSR count). The van der Waals surface area contributed by atoms with Gasteiger partial charge in [-0.15, -0.1) is 0 Å². The van der Waals surface area contributed by atoms with E-state index in [0.717, 1.165) is 0 Å². The van der Waals surface area contributed by atoms with Crippen LogP contribution in [-0.2, 0) is 11.2 Å². The fourth-order valence-electron chi connectivity index (χ4n) is 4.57. The van der Waals surface area contributed by atoms with Crippen LogP contribution in [0.5, 0.6) is 0 Å². The van der Waals surface area contributed by atoms with Gasteiger partial charge in [0.05, 0.1) is 0 Å². The van der Waals surface area contributed by atoms with Gasteiger partial charge in [0.2, 0.25) is 5.91 Å². The number of hydrogen-bond donors (Lipinski definition) is 1. The van der Waals surface area contributed by atoms with Crippen LogP contribution in [0.2, 0.25) is 5.02 Å². The highest BCUT2D eigenvalue weighted by atomic mass is 35.5. The van der Waals surface area contributed by atoms with Crippen LogP contribution in [0.15, 0.2) is 42.5 Å². The van der Waals surface area contributed by atoms with E-state index in [1.807, 2.05) is 6.07 Å². The van der Waals surface area contributed by atoms with Gasteiger partial charge in [-0.25, -0.2) is 0 Å². The van der Waals surface area contributed by atoms with Gasteiger partial charge in [0, 0.05) is 17.1 Å². The number of benzene rings is 2. The van der Waals surface area contributed by atoms with Gasteiger partial charge in [0.15, 0.2) is 0 Å². The molecule has 1 heterocycles. The quantitative estimate of drug-likeness (QED) is 0.841. The lowest BCUT2D eigenvalue weighted by Gasteiger charge is -2.24. The molecule has 140 valence electrons. The molecule has 2 aromatic carbocycles. The van der Waals surface area contributed by atoms with Gasteiger partial charge in [-0.3, -0.25) is 9.59 Å². The van der Waals surface area contributed by atoms with Crippen molar-refractivity contribution in [3.63, 3.8) is 0 Å². The third-order valence-corrected chi connectivity index (χ3v) is 6.09. The highest BCUT2D eigenvalue weighted by molar-refractivity contribution is 6.31. The van der Waals surface area contributed by atoms with Crippen LogP contribution in [-0.4, -0.2) is 23.3 Å².